The molecule has 1 atom stereocenters. The third-order valence-corrected chi connectivity index (χ3v) is 6.77. The molecular formula is C33H30F7N5O6. The van der Waals surface area contributed by atoms with Crippen molar-refractivity contribution in [3.63, 3.8) is 0 Å². The van der Waals surface area contributed by atoms with E-state index in [9.17, 15) is 31.4 Å². The standard InChI is InChI=1S/C29H28FN5O2.2C2HF3O2/c1-3-17-13-23(26(30)25(14-17)37-4-2)27(29-33-16-24(35-29)18-5-8-21(36)9-6-18)34-20-7-10-22-19(15-20)11-12-32-28(22)31;2*3-2(4,5)1(6)7/h5-16,27,34,36H,3-4H2,1-2H3,(H2,31,32)(H,33,35);2*(H,6,7). The highest BCUT2D eigenvalue weighted by Crippen LogP contribution is 2.35. The number of phenolic OH excluding ortho intramolecular Hbond substituents is 1. The Labute approximate surface area is 284 Å². The van der Waals surface area contributed by atoms with E-state index in [1.165, 1.54) is 0 Å². The second-order valence-electron chi connectivity index (χ2n) is 10.3. The lowest BCUT2D eigenvalue weighted by Crippen LogP contribution is -2.21. The molecule has 1 unspecified atom stereocenters. The fourth-order valence-electron chi connectivity index (χ4n) is 4.37. The van der Waals surface area contributed by atoms with Gasteiger partial charge in [0.25, 0.3) is 0 Å². The van der Waals surface area contributed by atoms with Crippen LogP contribution in [0.1, 0.15) is 36.8 Å². The Morgan fingerprint density at radius 1 is 0.941 bits per heavy atom. The van der Waals surface area contributed by atoms with Crippen LogP contribution in [0, 0.1) is 5.82 Å². The van der Waals surface area contributed by atoms with E-state index in [1.807, 2.05) is 44.2 Å². The highest BCUT2D eigenvalue weighted by molar-refractivity contribution is 5.93. The fraction of sp³-hybridized carbons (Fsp3) is 0.212. The van der Waals surface area contributed by atoms with E-state index in [0.717, 1.165) is 34.0 Å². The number of fused-ring (bicyclic) bond motifs is 1. The number of aromatic nitrogens is 3. The number of rotatable bonds is 8. The van der Waals surface area contributed by atoms with Gasteiger partial charge in [0.1, 0.15) is 23.4 Å². The minimum atomic E-state index is -5.08. The van der Waals surface area contributed by atoms with Crippen molar-refractivity contribution in [1.82, 2.24) is 15.0 Å². The molecule has 5 rings (SSSR count). The Balaban J connectivity index is 0.000000424. The van der Waals surface area contributed by atoms with E-state index < -0.39 is 36.2 Å². The second kappa shape index (κ2) is 16.6. The maximum Gasteiger partial charge on any atom is 0.490 e. The number of carboxylic acid groups (broad SMARTS) is 2. The predicted octanol–water partition coefficient (Wildman–Crippen LogP) is 7.48. The molecule has 7 N–H and O–H groups in total. The van der Waals surface area contributed by atoms with Crippen molar-refractivity contribution in [3.05, 3.63) is 95.8 Å². The molecule has 0 saturated carbocycles. The number of nitrogens with one attached hydrogen (secondary N) is 2. The number of alkyl halides is 6. The number of nitrogens with two attached hydrogens (primary N) is 1. The normalized spacial score (nSPS) is 11.8. The van der Waals surface area contributed by atoms with Crippen LogP contribution in [0.3, 0.4) is 0 Å². The SMILES string of the molecule is CCOc1cc(CC)cc(C(Nc2ccc3c(N)nccc3c2)c2nc(-c3ccc(O)cc3)c[nH]2)c1F.O=C(O)C(F)(F)F.O=C(O)C(F)(F)F. The summed E-state index contributed by atoms with van der Waals surface area (Å²) in [4.78, 5) is 30.0. The van der Waals surface area contributed by atoms with E-state index in [-0.39, 0.29) is 11.5 Å². The van der Waals surface area contributed by atoms with Gasteiger partial charge >= 0.3 is 24.3 Å². The Kier molecular flexibility index (Phi) is 12.8. The number of hydrogen-bond acceptors (Lipinski definition) is 8. The van der Waals surface area contributed by atoms with E-state index in [4.69, 9.17) is 35.3 Å². The maximum atomic E-state index is 15.8. The fourth-order valence-corrected chi connectivity index (χ4v) is 4.37. The van der Waals surface area contributed by atoms with Crippen LogP contribution >= 0.6 is 0 Å². The first-order chi connectivity index (χ1) is 23.8. The number of carbonyl (C=O) groups is 2. The van der Waals surface area contributed by atoms with Crippen LogP contribution < -0.4 is 15.8 Å². The molecule has 272 valence electrons. The highest BCUT2D eigenvalue weighted by Gasteiger charge is 2.39. The molecule has 0 spiro atoms. The zero-order valence-corrected chi connectivity index (χ0v) is 26.6. The number of aromatic amines is 1. The summed E-state index contributed by atoms with van der Waals surface area (Å²) in [5.41, 5.74) is 9.67. The zero-order chi connectivity index (χ0) is 38.1. The number of imidazole rings is 1. The van der Waals surface area contributed by atoms with Crippen molar-refractivity contribution in [2.45, 2.75) is 38.7 Å². The van der Waals surface area contributed by atoms with Gasteiger partial charge in [-0.05, 0) is 78.9 Å². The van der Waals surface area contributed by atoms with Gasteiger partial charge in [0.2, 0.25) is 0 Å². The quantitative estimate of drug-likeness (QED) is 0.0877. The summed E-state index contributed by atoms with van der Waals surface area (Å²) >= 11 is 0. The third-order valence-electron chi connectivity index (χ3n) is 6.77. The lowest BCUT2D eigenvalue weighted by Gasteiger charge is -2.22. The molecule has 0 saturated heterocycles. The van der Waals surface area contributed by atoms with Crippen LogP contribution in [0.25, 0.3) is 22.0 Å². The monoisotopic (exact) mass is 725 g/mol. The number of benzene rings is 3. The molecule has 11 nitrogen and oxygen atoms in total. The van der Waals surface area contributed by atoms with Crippen LogP contribution in [0.2, 0.25) is 0 Å². The molecule has 0 amide bonds. The van der Waals surface area contributed by atoms with Crippen molar-refractivity contribution >= 4 is 34.2 Å². The topological polar surface area (TPSA) is 184 Å². The molecule has 0 aliphatic carbocycles. The lowest BCUT2D eigenvalue weighted by atomic mass is 9.99. The molecule has 0 aliphatic rings. The average molecular weight is 726 g/mol. The third kappa shape index (κ3) is 10.7. The number of pyridine rings is 1. The van der Waals surface area contributed by atoms with Crippen LogP contribution in [0.15, 0.2) is 73.1 Å². The number of halogens is 7. The average Bonchev–Trinajstić information content (AvgIpc) is 3.55. The number of aliphatic carboxylic acids is 2. The molecule has 0 bridgehead atoms. The second-order valence-corrected chi connectivity index (χ2v) is 10.3. The number of H-pyrrole nitrogens is 1. The molecule has 18 heteroatoms. The number of phenols is 1. The minimum absolute atomic E-state index is 0.174. The number of nitrogen functional groups attached to an aromatic ring is 1. The van der Waals surface area contributed by atoms with Crippen LogP contribution in [-0.4, -0.2) is 61.2 Å². The van der Waals surface area contributed by atoms with E-state index in [2.05, 4.69) is 15.3 Å². The first-order valence-electron chi connectivity index (χ1n) is 14.7. The van der Waals surface area contributed by atoms with Crippen LogP contribution in [-0.2, 0) is 16.0 Å². The molecule has 51 heavy (non-hydrogen) atoms. The van der Waals surface area contributed by atoms with Crippen molar-refractivity contribution in [2.24, 2.45) is 0 Å². The lowest BCUT2D eigenvalue weighted by molar-refractivity contribution is -0.193. The van der Waals surface area contributed by atoms with Crippen molar-refractivity contribution < 1.29 is 60.4 Å². The molecule has 2 heterocycles. The van der Waals surface area contributed by atoms with Gasteiger partial charge in [-0.25, -0.2) is 23.9 Å². The molecule has 0 radical (unpaired) electrons. The number of aromatic hydroxyl groups is 1. The summed E-state index contributed by atoms with van der Waals surface area (Å²) in [7, 11) is 0. The smallest absolute Gasteiger partial charge is 0.490 e. The van der Waals surface area contributed by atoms with Crippen molar-refractivity contribution in [1.29, 1.82) is 0 Å². The Morgan fingerprint density at radius 3 is 2.10 bits per heavy atom. The number of hydrogen-bond donors (Lipinski definition) is 6. The molecule has 5 aromatic rings. The summed E-state index contributed by atoms with van der Waals surface area (Å²) in [6.07, 6.45) is -6.01. The van der Waals surface area contributed by atoms with Gasteiger partial charge in [0.05, 0.1) is 12.3 Å². The molecular weight excluding hydrogens is 695 g/mol. The number of carboxylic acids is 2. The maximum absolute atomic E-state index is 15.8. The number of anilines is 2. The van der Waals surface area contributed by atoms with Gasteiger partial charge in [0, 0.05) is 34.6 Å². The number of nitrogens with zero attached hydrogens (tertiary/aromatic N) is 2. The minimum Gasteiger partial charge on any atom is -0.508 e. The van der Waals surface area contributed by atoms with Gasteiger partial charge in [-0.15, -0.1) is 0 Å². The molecule has 3 aromatic carbocycles. The van der Waals surface area contributed by atoms with Gasteiger partial charge in [-0.2, -0.15) is 26.3 Å². The van der Waals surface area contributed by atoms with Crippen molar-refractivity contribution in [2.75, 3.05) is 17.7 Å². The largest absolute Gasteiger partial charge is 0.508 e. The Hall–Kier alpha value is -6.07. The first-order valence-corrected chi connectivity index (χ1v) is 14.7. The molecule has 2 aromatic heterocycles. The number of ether oxygens (including phenoxy) is 1. The summed E-state index contributed by atoms with van der Waals surface area (Å²) < 4.78 is 84.9. The van der Waals surface area contributed by atoms with Crippen LogP contribution in [0.4, 0.5) is 42.2 Å². The predicted molar refractivity (Wildman–Crippen MR) is 172 cm³/mol. The molecule has 0 aliphatic heterocycles. The van der Waals surface area contributed by atoms with Crippen LogP contribution in [0.5, 0.6) is 11.5 Å². The van der Waals surface area contributed by atoms with Gasteiger partial charge < -0.3 is 36.1 Å². The summed E-state index contributed by atoms with van der Waals surface area (Å²) in [6, 6.07) is 17.3. The first kappa shape index (κ1) is 39.4. The van der Waals surface area contributed by atoms with E-state index in [0.29, 0.717) is 29.5 Å². The molecule has 0 fully saturated rings. The zero-order valence-electron chi connectivity index (χ0n) is 26.6. The summed E-state index contributed by atoms with van der Waals surface area (Å²) in [6.45, 7) is 4.21. The highest BCUT2D eigenvalue weighted by atomic mass is 19.4. The van der Waals surface area contributed by atoms with Gasteiger partial charge in [0.15, 0.2) is 11.6 Å². The van der Waals surface area contributed by atoms with Gasteiger partial charge in [-0.1, -0.05) is 13.0 Å². The summed E-state index contributed by atoms with van der Waals surface area (Å²) in [5, 5.41) is 29.1. The van der Waals surface area contributed by atoms with Crippen molar-refractivity contribution in [3.8, 4) is 22.8 Å². The van der Waals surface area contributed by atoms with Gasteiger partial charge in [-0.3, -0.25) is 0 Å². The Bertz CT molecular complexity index is 1940. The van der Waals surface area contributed by atoms with E-state index in [1.54, 1.807) is 42.7 Å². The Morgan fingerprint density at radius 2 is 1.55 bits per heavy atom. The van der Waals surface area contributed by atoms with E-state index >= 15 is 4.39 Å². The summed E-state index contributed by atoms with van der Waals surface area (Å²) in [5.74, 6) is -4.58. The number of aryl methyl sites for hydroxylation is 1.